The number of phosphoric ester groups is 1. The van der Waals surface area contributed by atoms with Crippen LogP contribution in [0.25, 0.3) is 0 Å². The standard InChI is InChI=1S/C38H67O13P/c1-3-5-7-9-10-11-12-13-14-15-16-17-18-19-20-21-22-23-25-27-32(40)50-30(28-48-31(39)26-24-8-6-4-2)29-49-52(46,47)51-38-36(44)34(42)33(41)35(43)37(38)45/h10-11,13-14,16-17,30,33-38,41-45H,3-9,12,15,18-29H2,1-2H3,(H,46,47)/b11-10-,14-13-,17-16-. The summed E-state index contributed by atoms with van der Waals surface area (Å²) < 4.78 is 33.1. The van der Waals surface area contributed by atoms with E-state index < -0.39 is 75.7 Å². The molecule has 1 saturated carbocycles. The third-order valence-electron chi connectivity index (χ3n) is 8.73. The average Bonchev–Trinajstić information content (AvgIpc) is 3.12. The summed E-state index contributed by atoms with van der Waals surface area (Å²) in [5.41, 5.74) is 0. The number of hydrogen-bond acceptors (Lipinski definition) is 12. The summed E-state index contributed by atoms with van der Waals surface area (Å²) >= 11 is 0. The molecule has 13 nitrogen and oxygen atoms in total. The number of carbonyl (C=O) groups excluding carboxylic acids is 2. The molecule has 1 rings (SSSR count). The number of allylic oxidation sites excluding steroid dienone is 6. The molecule has 6 atom stereocenters. The molecule has 0 heterocycles. The van der Waals surface area contributed by atoms with Gasteiger partial charge in [0.2, 0.25) is 0 Å². The van der Waals surface area contributed by atoms with E-state index in [0.717, 1.165) is 77.0 Å². The second kappa shape index (κ2) is 29.4. The number of phosphoric acid groups is 1. The second-order valence-corrected chi connectivity index (χ2v) is 14.8. The summed E-state index contributed by atoms with van der Waals surface area (Å²) in [5, 5.41) is 49.7. The van der Waals surface area contributed by atoms with Gasteiger partial charge in [0.25, 0.3) is 0 Å². The average molecular weight is 763 g/mol. The van der Waals surface area contributed by atoms with Crippen LogP contribution in [0.4, 0.5) is 0 Å². The molecule has 1 aliphatic carbocycles. The molecule has 1 fully saturated rings. The molecule has 302 valence electrons. The topological polar surface area (TPSA) is 210 Å². The van der Waals surface area contributed by atoms with Gasteiger partial charge < -0.3 is 39.9 Å². The van der Waals surface area contributed by atoms with Crippen LogP contribution in [0, 0.1) is 0 Å². The fourth-order valence-electron chi connectivity index (χ4n) is 5.53. The van der Waals surface area contributed by atoms with Crippen molar-refractivity contribution in [1.29, 1.82) is 0 Å². The monoisotopic (exact) mass is 762 g/mol. The molecular formula is C38H67O13P. The molecule has 14 heteroatoms. The quantitative estimate of drug-likeness (QED) is 0.0219. The molecule has 0 bridgehead atoms. The first-order valence-corrected chi connectivity index (χ1v) is 20.8. The van der Waals surface area contributed by atoms with Crippen molar-refractivity contribution in [3.8, 4) is 0 Å². The van der Waals surface area contributed by atoms with Crippen molar-refractivity contribution >= 4 is 19.8 Å². The minimum Gasteiger partial charge on any atom is -0.462 e. The van der Waals surface area contributed by atoms with Gasteiger partial charge in [0, 0.05) is 12.8 Å². The van der Waals surface area contributed by atoms with Gasteiger partial charge in [0.05, 0.1) is 6.61 Å². The maximum atomic E-state index is 12.7. The van der Waals surface area contributed by atoms with Crippen molar-refractivity contribution in [3.63, 3.8) is 0 Å². The van der Waals surface area contributed by atoms with Crippen LogP contribution in [-0.4, -0.2) is 98.3 Å². The number of unbranched alkanes of at least 4 members (excludes halogenated alkanes) is 12. The largest absolute Gasteiger partial charge is 0.472 e. The number of rotatable bonds is 30. The van der Waals surface area contributed by atoms with Crippen molar-refractivity contribution in [2.24, 2.45) is 0 Å². The van der Waals surface area contributed by atoms with Gasteiger partial charge in [0.15, 0.2) is 6.10 Å². The molecule has 0 spiro atoms. The minimum absolute atomic E-state index is 0.0816. The van der Waals surface area contributed by atoms with E-state index >= 15 is 0 Å². The molecule has 0 aromatic heterocycles. The Bertz CT molecular complexity index is 1070. The zero-order valence-electron chi connectivity index (χ0n) is 31.3. The fourth-order valence-corrected chi connectivity index (χ4v) is 6.50. The summed E-state index contributed by atoms with van der Waals surface area (Å²) in [6.45, 7) is 3.07. The lowest BCUT2D eigenvalue weighted by atomic mass is 9.85. The van der Waals surface area contributed by atoms with Gasteiger partial charge in [-0.15, -0.1) is 0 Å². The molecule has 1 aliphatic rings. The van der Waals surface area contributed by atoms with E-state index in [9.17, 15) is 44.6 Å². The smallest absolute Gasteiger partial charge is 0.462 e. The first-order valence-electron chi connectivity index (χ1n) is 19.3. The molecule has 0 aromatic rings. The highest BCUT2D eigenvalue weighted by Crippen LogP contribution is 2.47. The van der Waals surface area contributed by atoms with Gasteiger partial charge in [-0.05, 0) is 51.4 Å². The number of ether oxygens (including phenoxy) is 2. The Hall–Kier alpha value is -1.93. The van der Waals surface area contributed by atoms with Crippen LogP contribution in [0.15, 0.2) is 36.5 Å². The van der Waals surface area contributed by atoms with E-state index in [1.54, 1.807) is 0 Å². The van der Waals surface area contributed by atoms with Gasteiger partial charge in [-0.1, -0.05) is 108 Å². The zero-order chi connectivity index (χ0) is 38.6. The number of hydrogen-bond donors (Lipinski definition) is 6. The summed E-state index contributed by atoms with van der Waals surface area (Å²) in [4.78, 5) is 35.1. The Morgan fingerprint density at radius 3 is 1.62 bits per heavy atom. The number of aliphatic hydroxyl groups is 5. The van der Waals surface area contributed by atoms with E-state index in [1.807, 2.05) is 6.92 Å². The third kappa shape index (κ3) is 22.3. The molecule has 6 unspecified atom stereocenters. The highest BCUT2D eigenvalue weighted by Gasteiger charge is 2.51. The van der Waals surface area contributed by atoms with Crippen molar-refractivity contribution in [2.45, 2.75) is 179 Å². The van der Waals surface area contributed by atoms with E-state index in [-0.39, 0.29) is 12.8 Å². The summed E-state index contributed by atoms with van der Waals surface area (Å²) in [6.07, 6.45) is 17.3. The van der Waals surface area contributed by atoms with Crippen molar-refractivity contribution < 1.29 is 63.1 Å². The first-order chi connectivity index (χ1) is 24.9. The maximum Gasteiger partial charge on any atom is 0.472 e. The van der Waals surface area contributed by atoms with Crippen LogP contribution in [0.5, 0.6) is 0 Å². The van der Waals surface area contributed by atoms with E-state index in [1.165, 1.54) is 19.3 Å². The lowest BCUT2D eigenvalue weighted by Gasteiger charge is -2.41. The Kier molecular flexibility index (Phi) is 27.2. The summed E-state index contributed by atoms with van der Waals surface area (Å²) in [5.74, 6) is -1.14. The van der Waals surface area contributed by atoms with E-state index in [2.05, 4.69) is 43.4 Å². The predicted molar refractivity (Wildman–Crippen MR) is 198 cm³/mol. The van der Waals surface area contributed by atoms with Crippen LogP contribution >= 0.6 is 7.82 Å². The van der Waals surface area contributed by atoms with Gasteiger partial charge in [-0.3, -0.25) is 18.6 Å². The molecule has 0 aliphatic heterocycles. The zero-order valence-corrected chi connectivity index (χ0v) is 32.2. The molecule has 52 heavy (non-hydrogen) atoms. The Balaban J connectivity index is 2.43. The van der Waals surface area contributed by atoms with Gasteiger partial charge >= 0.3 is 19.8 Å². The molecule has 0 aromatic carbocycles. The normalized spacial score (nSPS) is 24.1. The van der Waals surface area contributed by atoms with Crippen LogP contribution < -0.4 is 0 Å². The lowest BCUT2D eigenvalue weighted by Crippen LogP contribution is -2.64. The van der Waals surface area contributed by atoms with Gasteiger partial charge in [0.1, 0.15) is 43.2 Å². The first kappa shape index (κ1) is 48.1. The summed E-state index contributed by atoms with van der Waals surface area (Å²) in [6, 6.07) is 0. The van der Waals surface area contributed by atoms with Crippen molar-refractivity contribution in [1.82, 2.24) is 0 Å². The van der Waals surface area contributed by atoms with Crippen molar-refractivity contribution in [3.05, 3.63) is 36.5 Å². The van der Waals surface area contributed by atoms with Crippen LogP contribution in [-0.2, 0) is 32.7 Å². The number of carbonyl (C=O) groups is 2. The fraction of sp³-hybridized carbons (Fsp3) is 0.789. The SMILES string of the molecule is CCCCC/C=C\C/C=C\C/C=C\CCCCCCCCC(=O)OC(COC(=O)CCCCCC)COP(=O)(O)OC1C(O)C(O)C(O)C(O)C1O. The molecule has 0 amide bonds. The van der Waals surface area contributed by atoms with Gasteiger partial charge in [-0.2, -0.15) is 0 Å². The van der Waals surface area contributed by atoms with Crippen molar-refractivity contribution in [2.75, 3.05) is 13.2 Å². The minimum atomic E-state index is -5.10. The lowest BCUT2D eigenvalue weighted by molar-refractivity contribution is -0.220. The third-order valence-corrected chi connectivity index (χ3v) is 9.72. The van der Waals surface area contributed by atoms with Crippen LogP contribution in [0.2, 0.25) is 0 Å². The van der Waals surface area contributed by atoms with Crippen LogP contribution in [0.1, 0.15) is 136 Å². The predicted octanol–water partition coefficient (Wildman–Crippen LogP) is 5.88. The number of aliphatic hydroxyl groups excluding tert-OH is 5. The molecule has 0 radical (unpaired) electrons. The molecular weight excluding hydrogens is 695 g/mol. The number of esters is 2. The molecule has 0 saturated heterocycles. The highest BCUT2D eigenvalue weighted by molar-refractivity contribution is 7.47. The summed E-state index contributed by atoms with van der Waals surface area (Å²) in [7, 11) is -5.10. The Morgan fingerprint density at radius 1 is 0.596 bits per heavy atom. The van der Waals surface area contributed by atoms with E-state index in [0.29, 0.717) is 12.8 Å². The Labute approximate surface area is 310 Å². The highest BCUT2D eigenvalue weighted by atomic mass is 31.2. The second-order valence-electron chi connectivity index (χ2n) is 13.4. The molecule has 6 N–H and O–H groups in total. The van der Waals surface area contributed by atoms with E-state index in [4.69, 9.17) is 18.5 Å². The van der Waals surface area contributed by atoms with Crippen LogP contribution in [0.3, 0.4) is 0 Å². The maximum absolute atomic E-state index is 12.7. The van der Waals surface area contributed by atoms with Gasteiger partial charge in [-0.25, -0.2) is 4.57 Å². The Morgan fingerprint density at radius 2 is 1.04 bits per heavy atom.